The van der Waals surface area contributed by atoms with E-state index < -0.39 is 0 Å². The monoisotopic (exact) mass is 290 g/mol. The van der Waals surface area contributed by atoms with Gasteiger partial charge in [-0.15, -0.1) is 11.3 Å². The fourth-order valence-corrected chi connectivity index (χ4v) is 2.97. The minimum Gasteiger partial charge on any atom is -0.298 e. The lowest BCUT2D eigenvalue weighted by Gasteiger charge is -1.98. The predicted octanol–water partition coefficient (Wildman–Crippen LogP) is 4.17. The number of hydrogen-bond acceptors (Lipinski definition) is 4. The molecular formula is C17H10N2OS. The highest BCUT2D eigenvalue weighted by atomic mass is 32.1. The average molecular weight is 290 g/mol. The van der Waals surface area contributed by atoms with Gasteiger partial charge in [0.05, 0.1) is 15.8 Å². The van der Waals surface area contributed by atoms with Crippen molar-refractivity contribution >= 4 is 39.5 Å². The molecule has 0 radical (unpaired) electrons. The van der Waals surface area contributed by atoms with Crippen molar-refractivity contribution in [1.29, 1.82) is 5.26 Å². The highest BCUT2D eigenvalue weighted by Crippen LogP contribution is 2.28. The topological polar surface area (TPSA) is 53.8 Å². The number of aromatic nitrogens is 1. The Morgan fingerprint density at radius 2 is 1.81 bits per heavy atom. The van der Waals surface area contributed by atoms with Crippen molar-refractivity contribution in [2.45, 2.75) is 0 Å². The van der Waals surface area contributed by atoms with E-state index in [1.165, 1.54) is 11.3 Å². The molecule has 100 valence electrons. The Balaban J connectivity index is 2.11. The minimum absolute atomic E-state index is 0.463. The molecule has 1 heterocycles. The van der Waals surface area contributed by atoms with Gasteiger partial charge in [-0.25, -0.2) is 4.98 Å². The first-order valence-electron chi connectivity index (χ1n) is 6.34. The summed E-state index contributed by atoms with van der Waals surface area (Å²) in [4.78, 5) is 15.5. The Morgan fingerprint density at radius 3 is 2.52 bits per heavy atom. The first kappa shape index (κ1) is 13.2. The standard InChI is InChI=1S/C17H10N2OS/c18-10-14(9-12-5-1-2-6-13(12)11-20)17-19-15-7-3-4-8-16(15)21-17/h1-9,11H/b14-9-. The molecule has 4 heteroatoms. The van der Waals surface area contributed by atoms with Crippen molar-refractivity contribution in [2.75, 3.05) is 0 Å². The van der Waals surface area contributed by atoms with E-state index in [0.717, 1.165) is 22.1 Å². The van der Waals surface area contributed by atoms with E-state index in [-0.39, 0.29) is 0 Å². The SMILES string of the molecule is N#C/C(=C/c1ccccc1C=O)c1nc2ccccc2s1. The number of benzene rings is 2. The van der Waals surface area contributed by atoms with Gasteiger partial charge in [-0.05, 0) is 23.8 Å². The molecule has 0 aliphatic rings. The number of rotatable bonds is 3. The summed E-state index contributed by atoms with van der Waals surface area (Å²) in [6.45, 7) is 0. The van der Waals surface area contributed by atoms with Gasteiger partial charge < -0.3 is 0 Å². The van der Waals surface area contributed by atoms with Gasteiger partial charge in [0.1, 0.15) is 11.1 Å². The van der Waals surface area contributed by atoms with E-state index in [2.05, 4.69) is 11.1 Å². The summed E-state index contributed by atoms with van der Waals surface area (Å²) in [6.07, 6.45) is 2.50. The zero-order chi connectivity index (χ0) is 14.7. The van der Waals surface area contributed by atoms with E-state index in [1.807, 2.05) is 36.4 Å². The summed E-state index contributed by atoms with van der Waals surface area (Å²) in [7, 11) is 0. The van der Waals surface area contributed by atoms with E-state index >= 15 is 0 Å². The number of thiazole rings is 1. The smallest absolute Gasteiger partial charge is 0.150 e. The van der Waals surface area contributed by atoms with E-state index in [9.17, 15) is 10.1 Å². The van der Waals surface area contributed by atoms with Crippen molar-refractivity contribution in [1.82, 2.24) is 4.98 Å². The van der Waals surface area contributed by atoms with Crippen LogP contribution in [-0.4, -0.2) is 11.3 Å². The molecule has 21 heavy (non-hydrogen) atoms. The quantitative estimate of drug-likeness (QED) is 0.537. The Kier molecular flexibility index (Phi) is 3.59. The van der Waals surface area contributed by atoms with Crippen LogP contribution in [0.2, 0.25) is 0 Å². The van der Waals surface area contributed by atoms with Gasteiger partial charge in [-0.2, -0.15) is 5.26 Å². The number of aldehydes is 1. The molecule has 0 spiro atoms. The molecular weight excluding hydrogens is 280 g/mol. The molecule has 0 bridgehead atoms. The summed E-state index contributed by atoms with van der Waals surface area (Å²) in [6, 6.07) is 17.1. The van der Waals surface area contributed by atoms with Gasteiger partial charge >= 0.3 is 0 Å². The van der Waals surface area contributed by atoms with Crippen molar-refractivity contribution in [3.05, 3.63) is 64.7 Å². The Hall–Kier alpha value is -2.77. The van der Waals surface area contributed by atoms with Gasteiger partial charge in [0, 0.05) is 5.56 Å². The van der Waals surface area contributed by atoms with Gasteiger partial charge in [0.15, 0.2) is 6.29 Å². The summed E-state index contributed by atoms with van der Waals surface area (Å²) in [5.41, 5.74) is 2.63. The number of hydrogen-bond donors (Lipinski definition) is 0. The number of nitrogens with zero attached hydrogens (tertiary/aromatic N) is 2. The second-order valence-corrected chi connectivity index (χ2v) is 5.43. The summed E-state index contributed by atoms with van der Waals surface area (Å²) < 4.78 is 1.04. The first-order valence-corrected chi connectivity index (χ1v) is 7.15. The Labute approximate surface area is 125 Å². The maximum atomic E-state index is 11.0. The van der Waals surface area contributed by atoms with Gasteiger partial charge in [0.25, 0.3) is 0 Å². The Bertz CT molecular complexity index is 854. The fourth-order valence-electron chi connectivity index (χ4n) is 2.03. The highest BCUT2D eigenvalue weighted by Gasteiger charge is 2.09. The molecule has 0 saturated heterocycles. The lowest BCUT2D eigenvalue weighted by atomic mass is 10.1. The maximum Gasteiger partial charge on any atom is 0.150 e. The molecule has 3 aromatic rings. The first-order chi connectivity index (χ1) is 10.3. The third-order valence-electron chi connectivity index (χ3n) is 3.07. The second-order valence-electron chi connectivity index (χ2n) is 4.40. The van der Waals surface area contributed by atoms with Crippen LogP contribution < -0.4 is 0 Å². The molecule has 3 rings (SSSR count). The zero-order valence-electron chi connectivity index (χ0n) is 11.0. The molecule has 3 nitrogen and oxygen atoms in total. The normalized spacial score (nSPS) is 11.3. The van der Waals surface area contributed by atoms with Crippen LogP contribution in [0.15, 0.2) is 48.5 Å². The third kappa shape index (κ3) is 2.60. The third-order valence-corrected chi connectivity index (χ3v) is 4.14. The molecule has 0 aliphatic carbocycles. The molecule has 0 amide bonds. The molecule has 0 unspecified atom stereocenters. The zero-order valence-corrected chi connectivity index (χ0v) is 11.8. The van der Waals surface area contributed by atoms with Crippen molar-refractivity contribution < 1.29 is 4.79 Å². The van der Waals surface area contributed by atoms with Gasteiger partial charge in [-0.3, -0.25) is 4.79 Å². The summed E-state index contributed by atoms with van der Waals surface area (Å²) in [5, 5.41) is 10.1. The number of nitriles is 1. The lowest BCUT2D eigenvalue weighted by molar-refractivity contribution is 0.112. The average Bonchev–Trinajstić information content (AvgIpc) is 2.96. The molecule has 2 aromatic carbocycles. The largest absolute Gasteiger partial charge is 0.298 e. The van der Waals surface area contributed by atoms with Crippen LogP contribution in [0.3, 0.4) is 0 Å². The second kappa shape index (κ2) is 5.70. The fraction of sp³-hybridized carbons (Fsp3) is 0. The van der Waals surface area contributed by atoms with Gasteiger partial charge in [-0.1, -0.05) is 36.4 Å². The molecule has 0 N–H and O–H groups in total. The minimum atomic E-state index is 0.463. The molecule has 0 aliphatic heterocycles. The number of carbonyl (C=O) groups excluding carboxylic acids is 1. The maximum absolute atomic E-state index is 11.0. The van der Waals surface area contributed by atoms with Crippen LogP contribution in [0.1, 0.15) is 20.9 Å². The predicted molar refractivity (Wildman–Crippen MR) is 84.9 cm³/mol. The van der Waals surface area contributed by atoms with E-state index in [4.69, 9.17) is 0 Å². The Morgan fingerprint density at radius 1 is 1.10 bits per heavy atom. The number of carbonyl (C=O) groups is 1. The van der Waals surface area contributed by atoms with E-state index in [0.29, 0.717) is 16.1 Å². The van der Waals surface area contributed by atoms with Crippen LogP contribution in [0.25, 0.3) is 21.9 Å². The van der Waals surface area contributed by atoms with Crippen LogP contribution >= 0.6 is 11.3 Å². The number of allylic oxidation sites excluding steroid dienone is 1. The summed E-state index contributed by atoms with van der Waals surface area (Å²) >= 11 is 1.47. The number of para-hydroxylation sites is 1. The molecule has 0 atom stereocenters. The van der Waals surface area contributed by atoms with Crippen LogP contribution in [0.5, 0.6) is 0 Å². The number of fused-ring (bicyclic) bond motifs is 1. The molecule has 0 fully saturated rings. The van der Waals surface area contributed by atoms with Crippen molar-refractivity contribution in [2.24, 2.45) is 0 Å². The van der Waals surface area contributed by atoms with Crippen LogP contribution in [-0.2, 0) is 0 Å². The molecule has 0 saturated carbocycles. The van der Waals surface area contributed by atoms with Gasteiger partial charge in [0.2, 0.25) is 0 Å². The van der Waals surface area contributed by atoms with Crippen molar-refractivity contribution in [3.8, 4) is 6.07 Å². The summed E-state index contributed by atoms with van der Waals surface area (Å²) in [5.74, 6) is 0. The molecule has 1 aromatic heterocycles. The van der Waals surface area contributed by atoms with Crippen LogP contribution in [0.4, 0.5) is 0 Å². The highest BCUT2D eigenvalue weighted by molar-refractivity contribution is 7.19. The lowest BCUT2D eigenvalue weighted by Crippen LogP contribution is -1.87. The van der Waals surface area contributed by atoms with E-state index in [1.54, 1.807) is 18.2 Å². The van der Waals surface area contributed by atoms with Crippen molar-refractivity contribution in [3.63, 3.8) is 0 Å². The van der Waals surface area contributed by atoms with Crippen LogP contribution in [0, 0.1) is 11.3 Å².